The molecule has 2 aromatic carbocycles. The first kappa shape index (κ1) is 20.1. The molecule has 1 unspecified atom stereocenters. The highest BCUT2D eigenvalue weighted by atomic mass is 32.2. The van der Waals surface area contributed by atoms with E-state index in [-0.39, 0.29) is 22.4 Å². The zero-order valence-electron chi connectivity index (χ0n) is 15.8. The monoisotopic (exact) mass is 401 g/mol. The molecule has 148 valence electrons. The Morgan fingerprint density at radius 3 is 2.43 bits per heavy atom. The number of amides is 1. The first-order valence-electron chi connectivity index (χ1n) is 9.08. The van der Waals surface area contributed by atoms with Crippen molar-refractivity contribution >= 4 is 21.7 Å². The number of ether oxygens (including phenoxy) is 1. The molecule has 1 atom stereocenters. The van der Waals surface area contributed by atoms with Gasteiger partial charge in [0.15, 0.2) is 16.4 Å². The zero-order valence-corrected chi connectivity index (χ0v) is 16.7. The van der Waals surface area contributed by atoms with Crippen LogP contribution in [0.1, 0.15) is 40.4 Å². The second-order valence-electron chi connectivity index (χ2n) is 7.12. The van der Waals surface area contributed by atoms with E-state index in [2.05, 4.69) is 5.32 Å². The number of hydrogen-bond acceptors (Lipinski definition) is 5. The van der Waals surface area contributed by atoms with Gasteiger partial charge in [-0.15, -0.1) is 0 Å². The number of nitrogens with one attached hydrogen (secondary N) is 1. The molecule has 0 heterocycles. The quantitative estimate of drug-likeness (QED) is 0.721. The summed E-state index contributed by atoms with van der Waals surface area (Å²) in [6.45, 7) is 1.26. The molecule has 1 aliphatic rings. The molecule has 0 saturated heterocycles. The molecule has 2 aromatic rings. The van der Waals surface area contributed by atoms with E-state index in [1.165, 1.54) is 12.1 Å². The van der Waals surface area contributed by atoms with E-state index in [0.29, 0.717) is 11.5 Å². The number of benzene rings is 2. The minimum atomic E-state index is -3.44. The lowest BCUT2D eigenvalue weighted by molar-refractivity contribution is -0.125. The zero-order chi connectivity index (χ0) is 20.3. The van der Waals surface area contributed by atoms with E-state index < -0.39 is 22.4 Å². The number of aryl methyl sites for hydroxylation is 1. The summed E-state index contributed by atoms with van der Waals surface area (Å²) in [7, 11) is -3.44. The third-order valence-corrected chi connectivity index (χ3v) is 5.87. The van der Waals surface area contributed by atoms with Gasteiger partial charge in [-0.05, 0) is 48.9 Å². The van der Waals surface area contributed by atoms with Crippen LogP contribution >= 0.6 is 0 Å². The third kappa shape index (κ3) is 4.98. The second kappa shape index (κ2) is 8.14. The fraction of sp³-hybridized carbons (Fsp3) is 0.333. The molecule has 28 heavy (non-hydrogen) atoms. The van der Waals surface area contributed by atoms with Crippen molar-refractivity contribution in [3.63, 3.8) is 0 Å². The van der Waals surface area contributed by atoms with Crippen LogP contribution in [0.15, 0.2) is 53.4 Å². The summed E-state index contributed by atoms with van der Waals surface area (Å²) in [6.07, 6.45) is 3.18. The van der Waals surface area contributed by atoms with Gasteiger partial charge in [0.05, 0.1) is 16.5 Å². The molecule has 3 rings (SSSR count). The van der Waals surface area contributed by atoms with E-state index in [1.54, 1.807) is 13.0 Å². The highest BCUT2D eigenvalue weighted by Crippen LogP contribution is 2.40. The Kier molecular flexibility index (Phi) is 5.84. The number of sulfone groups is 1. The van der Waals surface area contributed by atoms with Gasteiger partial charge in [0, 0.05) is 6.26 Å². The summed E-state index contributed by atoms with van der Waals surface area (Å²) in [4.78, 5) is 24.7. The lowest BCUT2D eigenvalue weighted by atomic mass is 10.0. The van der Waals surface area contributed by atoms with Gasteiger partial charge in [0.25, 0.3) is 5.91 Å². The van der Waals surface area contributed by atoms with Gasteiger partial charge in [0.2, 0.25) is 0 Å². The van der Waals surface area contributed by atoms with Crippen LogP contribution in [0.3, 0.4) is 0 Å². The maximum absolute atomic E-state index is 12.4. The third-order valence-electron chi connectivity index (χ3n) is 4.76. The Balaban J connectivity index is 1.64. The van der Waals surface area contributed by atoms with Crippen LogP contribution in [-0.4, -0.2) is 33.2 Å². The topological polar surface area (TPSA) is 89.5 Å². The number of carbonyl (C=O) groups excluding carboxylic acids is 2. The molecule has 0 bridgehead atoms. The standard InChI is InChI=1S/C21H23NO5S/c1-14-8-11-17(28(2,25)26)12-18(14)21(24)27-13-19(23)22-20(16-9-10-16)15-6-4-3-5-7-15/h3-8,11-12,16,20H,9-10,13H2,1-2H3,(H,22,23). The van der Waals surface area contributed by atoms with Crippen LogP contribution in [0.4, 0.5) is 0 Å². The van der Waals surface area contributed by atoms with Gasteiger partial charge in [-0.3, -0.25) is 4.79 Å². The van der Waals surface area contributed by atoms with Gasteiger partial charge >= 0.3 is 5.97 Å². The Morgan fingerprint density at radius 1 is 1.14 bits per heavy atom. The molecule has 1 saturated carbocycles. The van der Waals surface area contributed by atoms with Crippen molar-refractivity contribution < 1.29 is 22.7 Å². The van der Waals surface area contributed by atoms with Crippen molar-refractivity contribution in [3.05, 3.63) is 65.2 Å². The number of carbonyl (C=O) groups is 2. The Labute approximate surface area is 164 Å². The fourth-order valence-electron chi connectivity index (χ4n) is 3.04. The molecular formula is C21H23NO5S. The average molecular weight is 401 g/mol. The Bertz CT molecular complexity index is 981. The van der Waals surface area contributed by atoms with Crippen LogP contribution in [0.5, 0.6) is 0 Å². The molecule has 1 N–H and O–H groups in total. The maximum Gasteiger partial charge on any atom is 0.338 e. The molecule has 7 heteroatoms. The summed E-state index contributed by atoms with van der Waals surface area (Å²) >= 11 is 0. The molecule has 1 fully saturated rings. The predicted molar refractivity (Wildman–Crippen MR) is 105 cm³/mol. The smallest absolute Gasteiger partial charge is 0.338 e. The van der Waals surface area contributed by atoms with Crippen LogP contribution < -0.4 is 5.32 Å². The van der Waals surface area contributed by atoms with E-state index in [1.807, 2.05) is 30.3 Å². The average Bonchev–Trinajstić information content (AvgIpc) is 3.49. The summed E-state index contributed by atoms with van der Waals surface area (Å²) < 4.78 is 28.5. The van der Waals surface area contributed by atoms with Gasteiger partial charge in [-0.1, -0.05) is 36.4 Å². The maximum atomic E-state index is 12.4. The van der Waals surface area contributed by atoms with Crippen molar-refractivity contribution in [1.82, 2.24) is 5.32 Å². The first-order chi connectivity index (χ1) is 13.3. The van der Waals surface area contributed by atoms with Crippen LogP contribution in [-0.2, 0) is 19.4 Å². The van der Waals surface area contributed by atoms with Crippen LogP contribution in [0.2, 0.25) is 0 Å². The second-order valence-corrected chi connectivity index (χ2v) is 9.13. The van der Waals surface area contributed by atoms with E-state index in [9.17, 15) is 18.0 Å². The van der Waals surface area contributed by atoms with E-state index >= 15 is 0 Å². The summed E-state index contributed by atoms with van der Waals surface area (Å²) in [5.41, 5.74) is 1.75. The largest absolute Gasteiger partial charge is 0.452 e. The van der Waals surface area contributed by atoms with Gasteiger partial charge in [-0.25, -0.2) is 13.2 Å². The van der Waals surface area contributed by atoms with Crippen molar-refractivity contribution in [2.24, 2.45) is 5.92 Å². The summed E-state index contributed by atoms with van der Waals surface area (Å²) in [5.74, 6) is -0.706. The lowest BCUT2D eigenvalue weighted by Crippen LogP contribution is -2.33. The van der Waals surface area contributed by atoms with Gasteiger partial charge < -0.3 is 10.1 Å². The highest BCUT2D eigenvalue weighted by molar-refractivity contribution is 7.90. The van der Waals surface area contributed by atoms with Gasteiger partial charge in [0.1, 0.15) is 0 Å². The van der Waals surface area contributed by atoms with Gasteiger partial charge in [-0.2, -0.15) is 0 Å². The lowest BCUT2D eigenvalue weighted by Gasteiger charge is -2.19. The molecule has 1 aliphatic carbocycles. The molecule has 0 aliphatic heterocycles. The fourth-order valence-corrected chi connectivity index (χ4v) is 3.69. The van der Waals surface area contributed by atoms with E-state index in [0.717, 1.165) is 24.7 Å². The van der Waals surface area contributed by atoms with Crippen LogP contribution in [0.25, 0.3) is 0 Å². The molecule has 0 aromatic heterocycles. The molecule has 6 nitrogen and oxygen atoms in total. The number of esters is 1. The molecule has 1 amide bonds. The minimum absolute atomic E-state index is 0.0346. The van der Waals surface area contributed by atoms with Crippen molar-refractivity contribution in [1.29, 1.82) is 0 Å². The Morgan fingerprint density at radius 2 is 1.82 bits per heavy atom. The van der Waals surface area contributed by atoms with Crippen molar-refractivity contribution in [3.8, 4) is 0 Å². The van der Waals surface area contributed by atoms with Crippen molar-refractivity contribution in [2.75, 3.05) is 12.9 Å². The first-order valence-corrected chi connectivity index (χ1v) is 11.0. The predicted octanol–water partition coefficient (Wildman–Crippen LogP) is 2.82. The molecule has 0 spiro atoms. The molecular weight excluding hydrogens is 378 g/mol. The van der Waals surface area contributed by atoms with E-state index in [4.69, 9.17) is 4.74 Å². The summed E-state index contributed by atoms with van der Waals surface area (Å²) in [6, 6.07) is 13.9. The number of rotatable bonds is 7. The summed E-state index contributed by atoms with van der Waals surface area (Å²) in [5, 5.41) is 2.94. The Hall–Kier alpha value is -2.67. The SMILES string of the molecule is Cc1ccc(S(C)(=O)=O)cc1C(=O)OCC(=O)NC(c1ccccc1)C1CC1. The molecule has 0 radical (unpaired) electrons. The van der Waals surface area contributed by atoms with Crippen molar-refractivity contribution in [2.45, 2.75) is 30.7 Å². The van der Waals surface area contributed by atoms with Crippen LogP contribution in [0, 0.1) is 12.8 Å². The highest BCUT2D eigenvalue weighted by Gasteiger charge is 2.33. The normalized spacial score (nSPS) is 14.9. The minimum Gasteiger partial charge on any atom is -0.452 e. The number of hydrogen-bond donors (Lipinski definition) is 1.